The van der Waals surface area contributed by atoms with Crippen molar-refractivity contribution in [2.75, 3.05) is 0 Å². The predicted octanol–water partition coefficient (Wildman–Crippen LogP) is 2.31. The number of benzene rings is 1. The standard InChI is InChI=1S/C10H13NO.ClH/c1-3-9(11)8-6-4-5-7(2)10(8)12;/h3-6,9,12H,1,11H2,2H3;1H/t9-;/m1./s1. The zero-order chi connectivity index (χ0) is 9.14. The lowest BCUT2D eigenvalue weighted by atomic mass is 10.0. The van der Waals surface area contributed by atoms with Gasteiger partial charge < -0.3 is 10.8 Å². The maximum absolute atomic E-state index is 9.57. The highest BCUT2D eigenvalue weighted by Crippen LogP contribution is 2.26. The van der Waals surface area contributed by atoms with Gasteiger partial charge in [-0.1, -0.05) is 24.3 Å². The summed E-state index contributed by atoms with van der Waals surface area (Å²) in [6, 6.07) is 5.22. The minimum atomic E-state index is -0.287. The van der Waals surface area contributed by atoms with E-state index in [1.165, 1.54) is 0 Å². The van der Waals surface area contributed by atoms with Crippen molar-refractivity contribution < 1.29 is 5.11 Å². The summed E-state index contributed by atoms with van der Waals surface area (Å²) in [5, 5.41) is 9.57. The number of nitrogens with two attached hydrogens (primary N) is 1. The molecule has 1 atom stereocenters. The molecule has 0 saturated carbocycles. The predicted molar refractivity (Wildman–Crippen MR) is 57.2 cm³/mol. The van der Waals surface area contributed by atoms with Crippen LogP contribution in [-0.4, -0.2) is 5.11 Å². The Balaban J connectivity index is 0.00000144. The number of para-hydroxylation sites is 1. The largest absolute Gasteiger partial charge is 0.507 e. The van der Waals surface area contributed by atoms with Crippen LogP contribution in [0.4, 0.5) is 0 Å². The van der Waals surface area contributed by atoms with Gasteiger partial charge in [-0.2, -0.15) is 0 Å². The number of rotatable bonds is 2. The van der Waals surface area contributed by atoms with Crippen LogP contribution in [-0.2, 0) is 0 Å². The van der Waals surface area contributed by atoms with Crippen LogP contribution in [0, 0.1) is 6.92 Å². The average Bonchev–Trinajstić information content (AvgIpc) is 2.08. The van der Waals surface area contributed by atoms with Crippen LogP contribution in [0.15, 0.2) is 30.9 Å². The van der Waals surface area contributed by atoms with Gasteiger partial charge in [-0.05, 0) is 12.5 Å². The smallest absolute Gasteiger partial charge is 0.123 e. The van der Waals surface area contributed by atoms with Crippen molar-refractivity contribution in [3.63, 3.8) is 0 Å². The first-order valence-electron chi connectivity index (χ1n) is 3.83. The average molecular weight is 200 g/mol. The van der Waals surface area contributed by atoms with E-state index in [0.29, 0.717) is 0 Å². The Morgan fingerprint density at radius 2 is 2.15 bits per heavy atom. The molecule has 1 aromatic carbocycles. The van der Waals surface area contributed by atoms with Gasteiger partial charge in [0.1, 0.15) is 5.75 Å². The van der Waals surface area contributed by atoms with Gasteiger partial charge in [-0.25, -0.2) is 0 Å². The number of hydrogen-bond acceptors (Lipinski definition) is 2. The molecule has 2 nitrogen and oxygen atoms in total. The zero-order valence-corrected chi connectivity index (χ0v) is 8.34. The van der Waals surface area contributed by atoms with Crippen LogP contribution in [0.5, 0.6) is 5.75 Å². The molecule has 0 aliphatic rings. The van der Waals surface area contributed by atoms with E-state index in [-0.39, 0.29) is 24.2 Å². The van der Waals surface area contributed by atoms with Crippen LogP contribution in [0.2, 0.25) is 0 Å². The number of halogens is 1. The van der Waals surface area contributed by atoms with Gasteiger partial charge in [0.25, 0.3) is 0 Å². The quantitative estimate of drug-likeness (QED) is 0.719. The molecule has 1 rings (SSSR count). The monoisotopic (exact) mass is 199 g/mol. The summed E-state index contributed by atoms with van der Waals surface area (Å²) in [5.74, 6) is 0.268. The zero-order valence-electron chi connectivity index (χ0n) is 7.53. The van der Waals surface area contributed by atoms with Crippen molar-refractivity contribution in [1.29, 1.82) is 0 Å². The van der Waals surface area contributed by atoms with Crippen LogP contribution >= 0.6 is 12.4 Å². The molecule has 1 aromatic rings. The second-order valence-electron chi connectivity index (χ2n) is 2.77. The first-order valence-corrected chi connectivity index (χ1v) is 3.83. The third kappa shape index (κ3) is 2.47. The van der Waals surface area contributed by atoms with E-state index >= 15 is 0 Å². The van der Waals surface area contributed by atoms with Gasteiger partial charge in [-0.15, -0.1) is 19.0 Å². The van der Waals surface area contributed by atoms with E-state index in [9.17, 15) is 5.11 Å². The van der Waals surface area contributed by atoms with Crippen molar-refractivity contribution >= 4 is 12.4 Å². The summed E-state index contributed by atoms with van der Waals surface area (Å²) in [6.07, 6.45) is 1.61. The molecule has 0 bridgehead atoms. The van der Waals surface area contributed by atoms with Crippen molar-refractivity contribution in [3.05, 3.63) is 42.0 Å². The lowest BCUT2D eigenvalue weighted by Crippen LogP contribution is -2.06. The third-order valence-electron chi connectivity index (χ3n) is 1.88. The topological polar surface area (TPSA) is 46.2 Å². The molecule has 0 aliphatic carbocycles. The molecule has 0 aliphatic heterocycles. The van der Waals surface area contributed by atoms with E-state index in [0.717, 1.165) is 11.1 Å². The van der Waals surface area contributed by atoms with Gasteiger partial charge in [0.05, 0.1) is 6.04 Å². The molecule has 72 valence electrons. The molecule has 0 amide bonds. The molecule has 0 spiro atoms. The second-order valence-corrected chi connectivity index (χ2v) is 2.77. The van der Waals surface area contributed by atoms with Crippen LogP contribution in [0.1, 0.15) is 17.2 Å². The minimum Gasteiger partial charge on any atom is -0.507 e. The maximum Gasteiger partial charge on any atom is 0.123 e. The minimum absolute atomic E-state index is 0. The fourth-order valence-electron chi connectivity index (χ4n) is 1.08. The number of phenols is 1. The molecule has 0 fully saturated rings. The Bertz CT molecular complexity index is 299. The summed E-state index contributed by atoms with van der Waals surface area (Å²) in [5.41, 5.74) is 7.25. The van der Waals surface area contributed by atoms with E-state index in [4.69, 9.17) is 5.73 Å². The Morgan fingerprint density at radius 3 is 2.69 bits per heavy atom. The maximum atomic E-state index is 9.57. The summed E-state index contributed by atoms with van der Waals surface area (Å²) < 4.78 is 0. The van der Waals surface area contributed by atoms with Crippen LogP contribution < -0.4 is 5.73 Å². The molecule has 0 aromatic heterocycles. The van der Waals surface area contributed by atoms with Gasteiger partial charge in [-0.3, -0.25) is 0 Å². The molecule has 3 heteroatoms. The highest BCUT2D eigenvalue weighted by molar-refractivity contribution is 5.85. The first kappa shape index (κ1) is 12.0. The summed E-state index contributed by atoms with van der Waals surface area (Å²) in [7, 11) is 0. The van der Waals surface area contributed by atoms with Crippen molar-refractivity contribution in [2.24, 2.45) is 5.73 Å². The molecule has 0 radical (unpaired) electrons. The highest BCUT2D eigenvalue weighted by Gasteiger charge is 2.07. The van der Waals surface area contributed by atoms with Gasteiger partial charge in [0, 0.05) is 5.56 Å². The number of aryl methyl sites for hydroxylation is 1. The molecule has 13 heavy (non-hydrogen) atoms. The third-order valence-corrected chi connectivity index (χ3v) is 1.88. The van der Waals surface area contributed by atoms with E-state index in [1.54, 1.807) is 12.1 Å². The Kier molecular flexibility index (Phi) is 4.52. The molecule has 3 N–H and O–H groups in total. The summed E-state index contributed by atoms with van der Waals surface area (Å²) in [4.78, 5) is 0. The SMILES string of the molecule is C=C[C@@H](N)c1cccc(C)c1O.Cl. The molecule has 0 saturated heterocycles. The number of aromatic hydroxyl groups is 1. The summed E-state index contributed by atoms with van der Waals surface area (Å²) >= 11 is 0. The fourth-order valence-corrected chi connectivity index (χ4v) is 1.08. The van der Waals surface area contributed by atoms with Crippen LogP contribution in [0.25, 0.3) is 0 Å². The van der Waals surface area contributed by atoms with E-state index in [2.05, 4.69) is 6.58 Å². The van der Waals surface area contributed by atoms with E-state index < -0.39 is 0 Å². The Morgan fingerprint density at radius 1 is 1.54 bits per heavy atom. The normalized spacial score (nSPS) is 11.5. The molecular formula is C10H14ClNO. The lowest BCUT2D eigenvalue weighted by molar-refractivity contribution is 0.461. The number of phenolic OH excluding ortho intramolecular Hbond substituents is 1. The molecule has 0 unspecified atom stereocenters. The first-order chi connectivity index (χ1) is 5.66. The fraction of sp³-hybridized carbons (Fsp3) is 0.200. The van der Waals surface area contributed by atoms with Crippen molar-refractivity contribution in [2.45, 2.75) is 13.0 Å². The number of hydrogen-bond donors (Lipinski definition) is 2. The Hall–Kier alpha value is -0.990. The van der Waals surface area contributed by atoms with Gasteiger partial charge in [0.15, 0.2) is 0 Å². The lowest BCUT2D eigenvalue weighted by Gasteiger charge is -2.10. The Labute approximate surface area is 84.5 Å². The highest BCUT2D eigenvalue weighted by atomic mass is 35.5. The van der Waals surface area contributed by atoms with Gasteiger partial charge in [0.2, 0.25) is 0 Å². The van der Waals surface area contributed by atoms with Gasteiger partial charge >= 0.3 is 0 Å². The van der Waals surface area contributed by atoms with Crippen molar-refractivity contribution in [1.82, 2.24) is 0 Å². The van der Waals surface area contributed by atoms with Crippen molar-refractivity contribution in [3.8, 4) is 5.75 Å². The molecular weight excluding hydrogens is 186 g/mol. The molecule has 0 heterocycles. The van der Waals surface area contributed by atoms with E-state index in [1.807, 2.05) is 19.1 Å². The summed E-state index contributed by atoms with van der Waals surface area (Å²) in [6.45, 7) is 5.41. The van der Waals surface area contributed by atoms with Crippen LogP contribution in [0.3, 0.4) is 0 Å². The second kappa shape index (κ2) is 4.90.